The van der Waals surface area contributed by atoms with E-state index in [1.54, 1.807) is 0 Å². The van der Waals surface area contributed by atoms with E-state index in [2.05, 4.69) is 10.6 Å². The van der Waals surface area contributed by atoms with Crippen LogP contribution in [0.5, 0.6) is 5.75 Å². The first-order valence-electron chi connectivity index (χ1n) is 6.22. The lowest BCUT2D eigenvalue weighted by Crippen LogP contribution is -2.49. The Hall–Kier alpha value is -2.28. The number of hydrogen-bond donors (Lipinski definition) is 4. The average Bonchev–Trinajstić information content (AvgIpc) is 2.85. The number of carboxylic acid groups (broad SMARTS) is 1. The molecule has 7 nitrogen and oxygen atoms in total. The van der Waals surface area contributed by atoms with Crippen molar-refractivity contribution in [3.63, 3.8) is 0 Å². The second-order valence-electron chi connectivity index (χ2n) is 4.48. The molecule has 0 spiro atoms. The topological polar surface area (TPSA) is 108 Å². The summed E-state index contributed by atoms with van der Waals surface area (Å²) < 4.78 is 5.63. The zero-order valence-corrected chi connectivity index (χ0v) is 10.7. The van der Waals surface area contributed by atoms with Gasteiger partial charge in [-0.1, -0.05) is 18.2 Å². The zero-order chi connectivity index (χ0) is 14.5. The third-order valence-corrected chi connectivity index (χ3v) is 2.99. The van der Waals surface area contributed by atoms with Crippen molar-refractivity contribution in [1.82, 2.24) is 10.6 Å². The number of hydrogen-bond acceptors (Lipinski definition) is 4. The Morgan fingerprint density at radius 1 is 1.40 bits per heavy atom. The summed E-state index contributed by atoms with van der Waals surface area (Å²) in [6.07, 6.45) is 0.522. The molecule has 0 bridgehead atoms. The first-order chi connectivity index (χ1) is 9.60. The standard InChI is InChI=1S/C13H16N2O5/c16-7-10(12(17)18)15-13(19)14-6-9-5-8-3-1-2-4-11(8)20-9/h1-4,9-10,16H,5-7H2,(H,17,18)(H2,14,15,19)/t9?,10-/m1/s1. The van der Waals surface area contributed by atoms with Crippen molar-refractivity contribution in [1.29, 1.82) is 0 Å². The molecule has 7 heteroatoms. The minimum atomic E-state index is -1.31. The molecule has 2 rings (SSSR count). The van der Waals surface area contributed by atoms with E-state index in [1.165, 1.54) is 0 Å². The Labute approximate surface area is 115 Å². The average molecular weight is 280 g/mol. The van der Waals surface area contributed by atoms with Crippen LogP contribution in [0.1, 0.15) is 5.56 Å². The molecule has 2 atom stereocenters. The summed E-state index contributed by atoms with van der Waals surface area (Å²) in [5, 5.41) is 22.2. The summed E-state index contributed by atoms with van der Waals surface area (Å²) in [6, 6.07) is 5.66. The van der Waals surface area contributed by atoms with Crippen LogP contribution in [0.2, 0.25) is 0 Å². The SMILES string of the molecule is O=C(NCC1Cc2ccccc2O1)N[C@H](CO)C(=O)O. The number of benzene rings is 1. The summed E-state index contributed by atoms with van der Waals surface area (Å²) in [5.74, 6) is -0.481. The fourth-order valence-electron chi connectivity index (χ4n) is 1.97. The highest BCUT2D eigenvalue weighted by Gasteiger charge is 2.24. The number of carbonyl (C=O) groups is 2. The van der Waals surface area contributed by atoms with Gasteiger partial charge in [-0.05, 0) is 11.6 Å². The number of nitrogens with one attached hydrogen (secondary N) is 2. The fraction of sp³-hybridized carbons (Fsp3) is 0.385. The van der Waals surface area contributed by atoms with Gasteiger partial charge >= 0.3 is 12.0 Å². The summed E-state index contributed by atoms with van der Waals surface area (Å²) in [6.45, 7) is -0.396. The number of aliphatic hydroxyl groups is 1. The molecule has 4 N–H and O–H groups in total. The minimum Gasteiger partial charge on any atom is -0.488 e. The predicted octanol–water partition coefficient (Wildman–Crippen LogP) is -0.265. The Balaban J connectivity index is 1.77. The van der Waals surface area contributed by atoms with E-state index in [0.29, 0.717) is 6.42 Å². The summed E-state index contributed by atoms with van der Waals surface area (Å²) in [5.41, 5.74) is 1.08. The number of carbonyl (C=O) groups excluding carboxylic acids is 1. The van der Waals surface area contributed by atoms with Gasteiger partial charge in [0.2, 0.25) is 0 Å². The lowest BCUT2D eigenvalue weighted by atomic mass is 10.1. The van der Waals surface area contributed by atoms with Gasteiger partial charge in [-0.25, -0.2) is 9.59 Å². The number of urea groups is 1. The Morgan fingerprint density at radius 3 is 2.80 bits per heavy atom. The lowest BCUT2D eigenvalue weighted by molar-refractivity contribution is -0.140. The molecule has 0 fully saturated rings. The highest BCUT2D eigenvalue weighted by molar-refractivity contribution is 5.82. The molecular weight excluding hydrogens is 264 g/mol. The predicted molar refractivity (Wildman–Crippen MR) is 69.6 cm³/mol. The monoisotopic (exact) mass is 280 g/mol. The molecule has 1 aromatic carbocycles. The maximum atomic E-state index is 11.5. The molecule has 1 heterocycles. The van der Waals surface area contributed by atoms with Crippen LogP contribution in [0.3, 0.4) is 0 Å². The van der Waals surface area contributed by atoms with Crippen LogP contribution < -0.4 is 15.4 Å². The molecule has 108 valence electrons. The number of ether oxygens (including phenoxy) is 1. The highest BCUT2D eigenvalue weighted by Crippen LogP contribution is 2.27. The third kappa shape index (κ3) is 3.39. The van der Waals surface area contributed by atoms with Crippen molar-refractivity contribution >= 4 is 12.0 Å². The van der Waals surface area contributed by atoms with E-state index in [9.17, 15) is 9.59 Å². The van der Waals surface area contributed by atoms with Crippen LogP contribution in [0.25, 0.3) is 0 Å². The van der Waals surface area contributed by atoms with Gasteiger partial charge in [0.05, 0.1) is 13.2 Å². The minimum absolute atomic E-state index is 0.171. The molecule has 1 aliphatic heterocycles. The van der Waals surface area contributed by atoms with Crippen LogP contribution in [0.15, 0.2) is 24.3 Å². The normalized spacial score (nSPS) is 17.8. The number of para-hydroxylation sites is 1. The summed E-state index contributed by atoms with van der Waals surface area (Å²) >= 11 is 0. The Bertz CT molecular complexity index is 480. The lowest BCUT2D eigenvalue weighted by Gasteiger charge is -2.15. The molecule has 0 radical (unpaired) electrons. The van der Waals surface area contributed by atoms with Crippen molar-refractivity contribution in [2.75, 3.05) is 13.2 Å². The van der Waals surface area contributed by atoms with Gasteiger partial charge in [0.15, 0.2) is 6.04 Å². The van der Waals surface area contributed by atoms with E-state index in [-0.39, 0.29) is 12.6 Å². The van der Waals surface area contributed by atoms with Gasteiger partial charge in [-0.2, -0.15) is 0 Å². The smallest absolute Gasteiger partial charge is 0.328 e. The van der Waals surface area contributed by atoms with E-state index in [1.807, 2.05) is 24.3 Å². The largest absolute Gasteiger partial charge is 0.488 e. The van der Waals surface area contributed by atoms with Gasteiger partial charge in [0.25, 0.3) is 0 Å². The maximum absolute atomic E-state index is 11.5. The van der Waals surface area contributed by atoms with Crippen molar-refractivity contribution in [3.05, 3.63) is 29.8 Å². The summed E-state index contributed by atoms with van der Waals surface area (Å²) in [4.78, 5) is 22.1. The summed E-state index contributed by atoms with van der Waals surface area (Å²) in [7, 11) is 0. The van der Waals surface area contributed by atoms with Crippen LogP contribution in [0, 0.1) is 0 Å². The fourth-order valence-corrected chi connectivity index (χ4v) is 1.97. The molecule has 1 aromatic rings. The molecule has 2 amide bonds. The highest BCUT2D eigenvalue weighted by atomic mass is 16.5. The van der Waals surface area contributed by atoms with Gasteiger partial charge < -0.3 is 25.6 Å². The molecule has 0 saturated carbocycles. The van der Waals surface area contributed by atoms with Gasteiger partial charge in [0.1, 0.15) is 11.9 Å². The van der Waals surface area contributed by atoms with Crippen molar-refractivity contribution in [2.24, 2.45) is 0 Å². The molecule has 1 unspecified atom stereocenters. The van der Waals surface area contributed by atoms with Crippen LogP contribution in [-0.2, 0) is 11.2 Å². The number of aliphatic carboxylic acids is 1. The first-order valence-corrected chi connectivity index (χ1v) is 6.22. The molecule has 0 aromatic heterocycles. The van der Waals surface area contributed by atoms with E-state index >= 15 is 0 Å². The first kappa shape index (κ1) is 14.1. The van der Waals surface area contributed by atoms with Gasteiger partial charge in [0, 0.05) is 6.42 Å². The van der Waals surface area contributed by atoms with Crippen molar-refractivity contribution in [3.8, 4) is 5.75 Å². The van der Waals surface area contributed by atoms with Crippen LogP contribution in [0.4, 0.5) is 4.79 Å². The number of amides is 2. The number of aliphatic hydroxyl groups excluding tert-OH is 1. The molecule has 0 aliphatic carbocycles. The second-order valence-corrected chi connectivity index (χ2v) is 4.48. The van der Waals surface area contributed by atoms with E-state index in [0.717, 1.165) is 11.3 Å². The number of fused-ring (bicyclic) bond motifs is 1. The number of carboxylic acids is 1. The third-order valence-electron chi connectivity index (χ3n) is 2.99. The molecular formula is C13H16N2O5. The Kier molecular flexibility index (Phi) is 4.41. The second kappa shape index (κ2) is 6.25. The van der Waals surface area contributed by atoms with Gasteiger partial charge in [-0.15, -0.1) is 0 Å². The van der Waals surface area contributed by atoms with Crippen LogP contribution >= 0.6 is 0 Å². The Morgan fingerprint density at radius 2 is 2.15 bits per heavy atom. The number of rotatable bonds is 5. The van der Waals surface area contributed by atoms with Crippen molar-refractivity contribution < 1.29 is 24.5 Å². The van der Waals surface area contributed by atoms with Gasteiger partial charge in [-0.3, -0.25) is 0 Å². The van der Waals surface area contributed by atoms with Crippen LogP contribution in [-0.4, -0.2) is 47.5 Å². The molecule has 1 aliphatic rings. The quantitative estimate of drug-likeness (QED) is 0.594. The zero-order valence-electron chi connectivity index (χ0n) is 10.7. The van der Waals surface area contributed by atoms with E-state index < -0.39 is 24.6 Å². The molecule has 20 heavy (non-hydrogen) atoms. The maximum Gasteiger partial charge on any atom is 0.328 e. The van der Waals surface area contributed by atoms with Crippen molar-refractivity contribution in [2.45, 2.75) is 18.6 Å². The molecule has 0 saturated heterocycles. The van der Waals surface area contributed by atoms with E-state index in [4.69, 9.17) is 14.9 Å².